The molecule has 0 unspecified atom stereocenters. The lowest BCUT2D eigenvalue weighted by Gasteiger charge is -2.15. The molecule has 142 valence electrons. The maximum absolute atomic E-state index is 11.8. The molecule has 2 atom stereocenters. The van der Waals surface area contributed by atoms with E-state index in [2.05, 4.69) is 10.6 Å². The second kappa shape index (κ2) is 11.0. The molecule has 0 aliphatic heterocycles. The van der Waals surface area contributed by atoms with Gasteiger partial charge < -0.3 is 26.2 Å². The van der Waals surface area contributed by atoms with Crippen molar-refractivity contribution in [2.45, 2.75) is 52.1 Å². The predicted octanol–water partition coefficient (Wildman–Crippen LogP) is -0.912. The van der Waals surface area contributed by atoms with Crippen molar-refractivity contribution in [2.75, 3.05) is 6.54 Å². The molecule has 0 rings (SSSR count). The molecule has 0 spiro atoms. The number of aliphatic carboxylic acids is 2. The van der Waals surface area contributed by atoms with E-state index in [4.69, 9.17) is 11.6 Å². The molecule has 0 saturated heterocycles. The second-order valence-corrected chi connectivity index (χ2v) is 5.93. The zero-order valence-corrected chi connectivity index (χ0v) is 14.4. The minimum Gasteiger partial charge on any atom is -0.480 e. The van der Waals surface area contributed by atoms with E-state index < -0.39 is 48.3 Å². The Labute approximate surface area is 146 Å². The quantitative estimate of drug-likeness (QED) is 0.318. The molecule has 0 heterocycles. The summed E-state index contributed by atoms with van der Waals surface area (Å²) >= 11 is 0. The van der Waals surface area contributed by atoms with Crippen LogP contribution in [0.3, 0.4) is 0 Å². The minimum absolute atomic E-state index is 0.0431. The van der Waals surface area contributed by atoms with Gasteiger partial charge in [0, 0.05) is 12.8 Å². The molecule has 10 nitrogen and oxygen atoms in total. The first-order valence-electron chi connectivity index (χ1n) is 8.22. The van der Waals surface area contributed by atoms with E-state index in [0.29, 0.717) is 5.31 Å². The maximum atomic E-state index is 11.8. The van der Waals surface area contributed by atoms with Crippen molar-refractivity contribution < 1.29 is 35.6 Å². The van der Waals surface area contributed by atoms with Gasteiger partial charge in [-0.2, -0.15) is 0 Å². The van der Waals surface area contributed by atoms with Crippen LogP contribution >= 0.6 is 0 Å². The summed E-state index contributed by atoms with van der Waals surface area (Å²) in [6.45, 7) is 4.14. The average molecular weight is 360 g/mol. The number of hydrogen-bond donors (Lipinski definition) is 5. The Kier molecular flexibility index (Phi) is 8.97. The fraction of sp³-hybridized carbons (Fsp3) is 0.667. The second-order valence-electron chi connectivity index (χ2n) is 5.93. The lowest BCUT2D eigenvalue weighted by Crippen LogP contribution is -2.44. The Morgan fingerprint density at radius 1 is 0.920 bits per heavy atom. The fourth-order valence-corrected chi connectivity index (χ4v) is 1.74. The third-order valence-electron chi connectivity index (χ3n) is 3.02. The Balaban J connectivity index is 4.49. The Bertz CT molecular complexity index is 553. The third kappa shape index (κ3) is 10.7. The highest BCUT2D eigenvalue weighted by atomic mass is 16.4. The average Bonchev–Trinajstić information content (AvgIpc) is 2.49. The Morgan fingerprint density at radius 2 is 1.52 bits per heavy atom. The van der Waals surface area contributed by atoms with Crippen LogP contribution in [-0.2, 0) is 24.0 Å². The number of carbonyl (C=O) groups is 5. The van der Waals surface area contributed by atoms with Gasteiger partial charge in [-0.3, -0.25) is 19.2 Å². The Morgan fingerprint density at radius 3 is 2.00 bits per heavy atom. The van der Waals surface area contributed by atoms with Crippen molar-refractivity contribution >= 4 is 29.7 Å². The van der Waals surface area contributed by atoms with E-state index in [1.165, 1.54) is 6.92 Å². The lowest BCUT2D eigenvalue weighted by molar-refractivity contribution is -0.142. The summed E-state index contributed by atoms with van der Waals surface area (Å²) in [4.78, 5) is 56.8. The molecule has 0 bridgehead atoms. The van der Waals surface area contributed by atoms with E-state index in [1.54, 1.807) is 13.8 Å². The van der Waals surface area contributed by atoms with Crippen LogP contribution in [0.4, 0.5) is 0 Å². The first kappa shape index (κ1) is 20.4. The molecule has 0 radical (unpaired) electrons. The zero-order valence-electron chi connectivity index (χ0n) is 15.4. The van der Waals surface area contributed by atoms with E-state index in [-0.39, 0.29) is 25.2 Å². The molecule has 0 aromatic rings. The number of hydrogen-bond acceptors (Lipinski definition) is 5. The molecule has 0 saturated carbocycles. The van der Waals surface area contributed by atoms with Gasteiger partial charge in [0.2, 0.25) is 17.7 Å². The molecule has 0 fully saturated rings. The van der Waals surface area contributed by atoms with Gasteiger partial charge >= 0.3 is 11.9 Å². The number of carboxylic acids is 2. The van der Waals surface area contributed by atoms with Crippen LogP contribution in [0.15, 0.2) is 0 Å². The van der Waals surface area contributed by atoms with Crippen LogP contribution in [0.25, 0.3) is 0 Å². The van der Waals surface area contributed by atoms with Crippen molar-refractivity contribution in [3.63, 3.8) is 0 Å². The molecule has 0 aromatic carbocycles. The molecule has 25 heavy (non-hydrogen) atoms. The van der Waals surface area contributed by atoms with Crippen molar-refractivity contribution in [3.05, 3.63) is 0 Å². The number of amides is 3. The van der Waals surface area contributed by atoms with Crippen LogP contribution in [0, 0.1) is 5.92 Å². The van der Waals surface area contributed by atoms with Gasteiger partial charge in [0.05, 0.1) is 6.54 Å². The fourth-order valence-electron chi connectivity index (χ4n) is 1.74. The highest BCUT2D eigenvalue weighted by Gasteiger charge is 2.21. The topological polar surface area (TPSA) is 162 Å². The van der Waals surface area contributed by atoms with Crippen LogP contribution < -0.4 is 15.9 Å². The number of rotatable bonds is 11. The highest BCUT2D eigenvalue weighted by molar-refractivity contribution is 5.88. The van der Waals surface area contributed by atoms with Gasteiger partial charge in [0.1, 0.15) is 12.1 Å². The van der Waals surface area contributed by atoms with Gasteiger partial charge in [-0.05, 0) is 19.3 Å². The van der Waals surface area contributed by atoms with Crippen LogP contribution in [0.1, 0.15) is 40.0 Å². The standard InChI is InChI=1S/C15H25N3O7/c1-8(2)6-12(20)18-10(15(24)25)4-5-11(19)16-7-13(21)17-9(3)14(22)23/h8-10H,4-7H2,1-3H3,(H,16,19)(H,17,21)(H,18,20)(H,22,23)(H,24,25)/t9-,10+/m0/s1/i/hD. The zero-order chi connectivity index (χ0) is 20.4. The summed E-state index contributed by atoms with van der Waals surface area (Å²) in [6.07, 6.45) is -0.463. The van der Waals surface area contributed by atoms with Crippen LogP contribution in [0.5, 0.6) is 0 Å². The van der Waals surface area contributed by atoms with Gasteiger partial charge in [-0.1, -0.05) is 13.8 Å². The maximum Gasteiger partial charge on any atom is 0.326 e. The van der Waals surface area contributed by atoms with E-state index >= 15 is 0 Å². The first-order chi connectivity index (χ1) is 11.9. The highest BCUT2D eigenvalue weighted by Crippen LogP contribution is 2.02. The van der Waals surface area contributed by atoms with E-state index in [9.17, 15) is 24.0 Å². The van der Waals surface area contributed by atoms with E-state index in [0.717, 1.165) is 0 Å². The van der Waals surface area contributed by atoms with Crippen molar-refractivity contribution in [1.29, 1.82) is 0 Å². The summed E-state index contributed by atoms with van der Waals surface area (Å²) in [5.41, 5.74) is 0. The van der Waals surface area contributed by atoms with Gasteiger partial charge in [0.25, 0.3) is 0 Å². The van der Waals surface area contributed by atoms with Crippen molar-refractivity contribution in [3.8, 4) is 0 Å². The smallest absolute Gasteiger partial charge is 0.326 e. The van der Waals surface area contributed by atoms with Crippen LogP contribution in [-0.4, -0.2) is 58.5 Å². The summed E-state index contributed by atoms with van der Waals surface area (Å²) in [6, 6.07) is -2.45. The number of carboxylic acid groups (broad SMARTS) is 2. The lowest BCUT2D eigenvalue weighted by atomic mass is 10.1. The van der Waals surface area contributed by atoms with Crippen molar-refractivity contribution in [2.24, 2.45) is 5.92 Å². The predicted molar refractivity (Wildman–Crippen MR) is 86.5 cm³/mol. The minimum atomic E-state index is -1.31. The molecular formula is C15H25N3O7. The van der Waals surface area contributed by atoms with Crippen LogP contribution in [0.2, 0.25) is 1.41 Å². The number of nitrogens with one attached hydrogen (secondary N) is 3. The molecule has 0 aliphatic carbocycles. The first-order valence-corrected chi connectivity index (χ1v) is 7.77. The molecule has 3 amide bonds. The summed E-state index contributed by atoms with van der Waals surface area (Å²) < 4.78 is 7.49. The molecule has 0 aromatic heterocycles. The third-order valence-corrected chi connectivity index (χ3v) is 3.02. The van der Waals surface area contributed by atoms with Crippen molar-refractivity contribution in [1.82, 2.24) is 15.9 Å². The molecule has 0 aliphatic rings. The molecular weight excluding hydrogens is 334 g/mol. The normalized spacial score (nSPS) is 13.4. The summed E-state index contributed by atoms with van der Waals surface area (Å²) in [5.74, 6) is -4.64. The number of carbonyl (C=O) groups excluding carboxylic acids is 3. The summed E-state index contributed by atoms with van der Waals surface area (Å²) in [7, 11) is 0. The largest absolute Gasteiger partial charge is 0.480 e. The van der Waals surface area contributed by atoms with E-state index in [1.807, 2.05) is 0 Å². The Hall–Kier alpha value is -2.65. The molecule has 5 N–H and O–H groups in total. The van der Waals surface area contributed by atoms with Gasteiger partial charge in [-0.15, -0.1) is 0 Å². The van der Waals surface area contributed by atoms with Gasteiger partial charge in [0.15, 0.2) is 1.41 Å². The van der Waals surface area contributed by atoms with Gasteiger partial charge in [-0.25, -0.2) is 4.79 Å². The summed E-state index contributed by atoms with van der Waals surface area (Å²) in [5, 5.41) is 22.5. The SMILES string of the molecule is [2H]N(CC(=O)N[C@@H](C)C(=O)O)C(=O)CC[C@@H](NC(=O)CC(C)C)C(=O)O. The molecule has 10 heteroatoms. The monoisotopic (exact) mass is 360 g/mol.